The van der Waals surface area contributed by atoms with Gasteiger partial charge in [0, 0.05) is 11.8 Å². The molecule has 0 aliphatic carbocycles. The molecule has 2 rings (SSSR count). The minimum atomic E-state index is -4.42. The summed E-state index contributed by atoms with van der Waals surface area (Å²) in [5.41, 5.74) is 0.165. The molecular formula is C10H7F3N2O. The summed E-state index contributed by atoms with van der Waals surface area (Å²) >= 11 is 0. The maximum atomic E-state index is 12.2. The molecule has 6 heteroatoms. The third-order valence-electron chi connectivity index (χ3n) is 2.06. The number of rotatable bonds is 1. The molecule has 0 bridgehead atoms. The summed E-state index contributed by atoms with van der Waals surface area (Å²) in [6, 6.07) is 2.22. The van der Waals surface area contributed by atoms with Crippen molar-refractivity contribution < 1.29 is 17.6 Å². The Bertz CT molecular complexity index is 488. The number of hydrogen-bond donors (Lipinski definition) is 0. The van der Waals surface area contributed by atoms with E-state index in [0.29, 0.717) is 17.0 Å². The smallest absolute Gasteiger partial charge is 0.433 e. The second-order valence-electron chi connectivity index (χ2n) is 3.20. The van der Waals surface area contributed by atoms with Crippen LogP contribution in [0.1, 0.15) is 11.4 Å². The molecule has 0 spiro atoms. The SMILES string of the molecule is Cc1ncoc1-c1ccc(C(F)(F)F)nc1. The van der Waals surface area contributed by atoms with Crippen LogP contribution in [-0.2, 0) is 6.18 Å². The summed E-state index contributed by atoms with van der Waals surface area (Å²) in [5.74, 6) is 0.432. The molecule has 3 nitrogen and oxygen atoms in total. The van der Waals surface area contributed by atoms with E-state index in [1.165, 1.54) is 12.5 Å². The van der Waals surface area contributed by atoms with Crippen LogP contribution in [0.5, 0.6) is 0 Å². The van der Waals surface area contributed by atoms with Crippen LogP contribution in [0, 0.1) is 6.92 Å². The molecule has 0 saturated heterocycles. The zero-order valence-electron chi connectivity index (χ0n) is 8.25. The van der Waals surface area contributed by atoms with Crippen LogP contribution in [0.25, 0.3) is 11.3 Å². The van der Waals surface area contributed by atoms with Crippen molar-refractivity contribution in [1.29, 1.82) is 0 Å². The van der Waals surface area contributed by atoms with Crippen LogP contribution in [0.4, 0.5) is 13.2 Å². The third-order valence-corrected chi connectivity index (χ3v) is 2.06. The van der Waals surface area contributed by atoms with Gasteiger partial charge in [0.25, 0.3) is 0 Å². The molecule has 0 aliphatic heterocycles. The molecule has 2 aromatic rings. The molecule has 0 saturated carbocycles. The Morgan fingerprint density at radius 2 is 1.94 bits per heavy atom. The topological polar surface area (TPSA) is 38.9 Å². The van der Waals surface area contributed by atoms with Crippen molar-refractivity contribution in [2.75, 3.05) is 0 Å². The fourth-order valence-electron chi connectivity index (χ4n) is 1.27. The molecule has 0 N–H and O–H groups in total. The minimum absolute atomic E-state index is 0.432. The number of aryl methyl sites for hydroxylation is 1. The Labute approximate surface area is 88.9 Å². The minimum Gasteiger partial charge on any atom is -0.443 e. The Morgan fingerprint density at radius 1 is 1.19 bits per heavy atom. The average molecular weight is 228 g/mol. The van der Waals surface area contributed by atoms with Gasteiger partial charge in [0.1, 0.15) is 5.69 Å². The van der Waals surface area contributed by atoms with Gasteiger partial charge in [-0.15, -0.1) is 0 Å². The van der Waals surface area contributed by atoms with E-state index in [-0.39, 0.29) is 0 Å². The lowest BCUT2D eigenvalue weighted by Crippen LogP contribution is -2.07. The summed E-state index contributed by atoms with van der Waals surface area (Å²) < 4.78 is 41.8. The second kappa shape index (κ2) is 3.62. The van der Waals surface area contributed by atoms with E-state index in [4.69, 9.17) is 4.42 Å². The highest BCUT2D eigenvalue weighted by atomic mass is 19.4. The molecule has 16 heavy (non-hydrogen) atoms. The Balaban J connectivity index is 2.37. The number of halogens is 3. The fraction of sp³-hybridized carbons (Fsp3) is 0.200. The average Bonchev–Trinajstić information content (AvgIpc) is 2.63. The molecule has 0 radical (unpaired) electrons. The molecule has 2 aromatic heterocycles. The predicted molar refractivity (Wildman–Crippen MR) is 49.5 cm³/mol. The number of alkyl halides is 3. The zero-order chi connectivity index (χ0) is 11.8. The van der Waals surface area contributed by atoms with Gasteiger partial charge in [0.05, 0.1) is 5.69 Å². The molecule has 84 valence electrons. The molecule has 0 amide bonds. The number of oxazole rings is 1. The molecule has 2 heterocycles. The van der Waals surface area contributed by atoms with E-state index in [0.717, 1.165) is 12.3 Å². The number of aromatic nitrogens is 2. The van der Waals surface area contributed by atoms with E-state index in [1.54, 1.807) is 6.92 Å². The summed E-state index contributed by atoms with van der Waals surface area (Å²) in [7, 11) is 0. The van der Waals surface area contributed by atoms with Gasteiger partial charge in [0.15, 0.2) is 12.2 Å². The molecule has 0 unspecified atom stereocenters. The van der Waals surface area contributed by atoms with E-state index in [1.807, 2.05) is 0 Å². The summed E-state index contributed by atoms with van der Waals surface area (Å²) in [5, 5.41) is 0. The largest absolute Gasteiger partial charge is 0.443 e. The first-order valence-electron chi connectivity index (χ1n) is 4.42. The maximum Gasteiger partial charge on any atom is 0.433 e. The lowest BCUT2D eigenvalue weighted by molar-refractivity contribution is -0.141. The third kappa shape index (κ3) is 1.91. The maximum absolute atomic E-state index is 12.2. The first-order chi connectivity index (χ1) is 7.48. The summed E-state index contributed by atoms with van der Waals surface area (Å²) in [4.78, 5) is 7.18. The first kappa shape index (κ1) is 10.7. The van der Waals surface area contributed by atoms with Crippen molar-refractivity contribution in [2.24, 2.45) is 0 Å². The van der Waals surface area contributed by atoms with Gasteiger partial charge >= 0.3 is 6.18 Å². The van der Waals surface area contributed by atoms with Crippen molar-refractivity contribution >= 4 is 0 Å². The van der Waals surface area contributed by atoms with Gasteiger partial charge in [-0.1, -0.05) is 0 Å². The van der Waals surface area contributed by atoms with E-state index in [9.17, 15) is 13.2 Å². The Kier molecular flexibility index (Phi) is 2.41. The number of nitrogens with zero attached hydrogens (tertiary/aromatic N) is 2. The van der Waals surface area contributed by atoms with Crippen molar-refractivity contribution in [3.05, 3.63) is 36.1 Å². The van der Waals surface area contributed by atoms with Crippen LogP contribution in [0.3, 0.4) is 0 Å². The normalized spacial score (nSPS) is 11.8. The van der Waals surface area contributed by atoms with Crippen LogP contribution < -0.4 is 0 Å². The highest BCUT2D eigenvalue weighted by Crippen LogP contribution is 2.29. The lowest BCUT2D eigenvalue weighted by atomic mass is 10.2. The van der Waals surface area contributed by atoms with Crippen LogP contribution in [0.15, 0.2) is 29.1 Å². The number of pyridine rings is 1. The predicted octanol–water partition coefficient (Wildman–Crippen LogP) is 3.06. The summed E-state index contributed by atoms with van der Waals surface area (Å²) in [6.07, 6.45) is -2.06. The second-order valence-corrected chi connectivity index (χ2v) is 3.20. The lowest BCUT2D eigenvalue weighted by Gasteiger charge is -2.05. The molecule has 0 atom stereocenters. The monoisotopic (exact) mass is 228 g/mol. The standard InChI is InChI=1S/C10H7F3N2O/c1-6-9(16-5-15-6)7-2-3-8(14-4-7)10(11,12)13/h2-5H,1H3. The highest BCUT2D eigenvalue weighted by molar-refractivity contribution is 5.58. The zero-order valence-corrected chi connectivity index (χ0v) is 8.25. The van der Waals surface area contributed by atoms with Gasteiger partial charge in [0.2, 0.25) is 0 Å². The molecule has 0 aromatic carbocycles. The van der Waals surface area contributed by atoms with Gasteiger partial charge in [-0.25, -0.2) is 4.98 Å². The van der Waals surface area contributed by atoms with Crippen molar-refractivity contribution in [2.45, 2.75) is 13.1 Å². The van der Waals surface area contributed by atoms with Crippen molar-refractivity contribution in [1.82, 2.24) is 9.97 Å². The Hall–Kier alpha value is -1.85. The number of hydrogen-bond acceptors (Lipinski definition) is 3. The first-order valence-corrected chi connectivity index (χ1v) is 4.42. The van der Waals surface area contributed by atoms with Gasteiger partial charge in [-0.3, -0.25) is 4.98 Å². The van der Waals surface area contributed by atoms with Crippen LogP contribution >= 0.6 is 0 Å². The molecule has 0 aliphatic rings. The van der Waals surface area contributed by atoms with Crippen molar-refractivity contribution in [3.63, 3.8) is 0 Å². The van der Waals surface area contributed by atoms with Crippen LogP contribution in [0.2, 0.25) is 0 Å². The quantitative estimate of drug-likeness (QED) is 0.752. The van der Waals surface area contributed by atoms with E-state index >= 15 is 0 Å². The van der Waals surface area contributed by atoms with Gasteiger partial charge in [-0.05, 0) is 19.1 Å². The summed E-state index contributed by atoms with van der Waals surface area (Å²) in [6.45, 7) is 1.70. The molecular weight excluding hydrogens is 221 g/mol. The van der Waals surface area contributed by atoms with E-state index in [2.05, 4.69) is 9.97 Å². The Morgan fingerprint density at radius 3 is 2.38 bits per heavy atom. The highest BCUT2D eigenvalue weighted by Gasteiger charge is 2.32. The van der Waals surface area contributed by atoms with Crippen LogP contribution in [-0.4, -0.2) is 9.97 Å². The van der Waals surface area contributed by atoms with E-state index < -0.39 is 11.9 Å². The van der Waals surface area contributed by atoms with Crippen molar-refractivity contribution in [3.8, 4) is 11.3 Å². The molecule has 0 fully saturated rings. The fourth-order valence-corrected chi connectivity index (χ4v) is 1.27. The van der Waals surface area contributed by atoms with Gasteiger partial charge in [-0.2, -0.15) is 13.2 Å². The van der Waals surface area contributed by atoms with Gasteiger partial charge < -0.3 is 4.42 Å².